The molecule has 1 heterocycles. The number of quaternary nitrogens is 1. The van der Waals surface area contributed by atoms with Crippen LogP contribution in [-0.4, -0.2) is 32.9 Å². The predicted octanol–water partition coefficient (Wildman–Crippen LogP) is 1.28. The highest BCUT2D eigenvalue weighted by molar-refractivity contribution is 5.26. The molecule has 0 amide bonds. The maximum absolute atomic E-state index is 5.66. The molecule has 0 atom stereocenters. The second kappa shape index (κ2) is 7.39. The summed E-state index contributed by atoms with van der Waals surface area (Å²) in [4.78, 5) is 1.61. The zero-order valence-corrected chi connectivity index (χ0v) is 11.3. The van der Waals surface area contributed by atoms with Gasteiger partial charge in [-0.05, 0) is 30.7 Å². The van der Waals surface area contributed by atoms with Crippen LogP contribution in [0, 0.1) is 0 Å². The predicted molar refractivity (Wildman–Crippen MR) is 72.1 cm³/mol. The zero-order chi connectivity index (χ0) is 12.6. The van der Waals surface area contributed by atoms with Crippen molar-refractivity contribution in [1.29, 1.82) is 0 Å². The van der Waals surface area contributed by atoms with Crippen molar-refractivity contribution < 1.29 is 14.4 Å². The van der Waals surface area contributed by atoms with Gasteiger partial charge in [0.1, 0.15) is 25.4 Å². The SMILES string of the molecule is CCCCOc1ccc(C[NH+]2CCOCC2)cc1. The quantitative estimate of drug-likeness (QED) is 0.769. The van der Waals surface area contributed by atoms with Crippen LogP contribution in [0.1, 0.15) is 25.3 Å². The van der Waals surface area contributed by atoms with Gasteiger partial charge in [-0.1, -0.05) is 13.3 Å². The van der Waals surface area contributed by atoms with Gasteiger partial charge >= 0.3 is 0 Å². The molecule has 0 saturated carbocycles. The minimum Gasteiger partial charge on any atom is -0.494 e. The van der Waals surface area contributed by atoms with Crippen LogP contribution >= 0.6 is 0 Å². The summed E-state index contributed by atoms with van der Waals surface area (Å²) < 4.78 is 11.0. The van der Waals surface area contributed by atoms with Gasteiger partial charge in [-0.2, -0.15) is 0 Å². The van der Waals surface area contributed by atoms with Crippen molar-refractivity contribution in [2.45, 2.75) is 26.3 Å². The average molecular weight is 250 g/mol. The smallest absolute Gasteiger partial charge is 0.119 e. The standard InChI is InChI=1S/C15H23NO2/c1-2-3-10-18-15-6-4-14(5-7-15)13-16-8-11-17-12-9-16/h4-7H,2-3,8-13H2,1H3/p+1. The van der Waals surface area contributed by atoms with Crippen LogP contribution in [0.4, 0.5) is 0 Å². The van der Waals surface area contributed by atoms with Gasteiger partial charge in [0, 0.05) is 5.56 Å². The van der Waals surface area contributed by atoms with Crippen LogP contribution in [0.25, 0.3) is 0 Å². The molecule has 2 rings (SSSR count). The highest BCUT2D eigenvalue weighted by Crippen LogP contribution is 2.12. The van der Waals surface area contributed by atoms with E-state index in [9.17, 15) is 0 Å². The first kappa shape index (κ1) is 13.4. The molecule has 3 nitrogen and oxygen atoms in total. The fourth-order valence-corrected chi connectivity index (χ4v) is 2.16. The monoisotopic (exact) mass is 250 g/mol. The van der Waals surface area contributed by atoms with Gasteiger partial charge in [0.15, 0.2) is 0 Å². The molecule has 1 fully saturated rings. The van der Waals surface area contributed by atoms with Crippen molar-refractivity contribution in [3.63, 3.8) is 0 Å². The van der Waals surface area contributed by atoms with E-state index in [1.165, 1.54) is 12.0 Å². The molecule has 3 heteroatoms. The van der Waals surface area contributed by atoms with Crippen LogP contribution in [0.3, 0.4) is 0 Å². The van der Waals surface area contributed by atoms with Gasteiger partial charge in [0.2, 0.25) is 0 Å². The molecule has 1 aromatic carbocycles. The van der Waals surface area contributed by atoms with Gasteiger partial charge in [-0.15, -0.1) is 0 Å². The van der Waals surface area contributed by atoms with Gasteiger partial charge in [-0.3, -0.25) is 0 Å². The molecule has 1 aliphatic heterocycles. The lowest BCUT2D eigenvalue weighted by molar-refractivity contribution is -0.921. The largest absolute Gasteiger partial charge is 0.494 e. The molecule has 100 valence electrons. The zero-order valence-electron chi connectivity index (χ0n) is 11.3. The molecule has 1 aliphatic rings. The van der Waals surface area contributed by atoms with Crippen LogP contribution in [-0.2, 0) is 11.3 Å². The number of nitrogens with one attached hydrogen (secondary N) is 1. The van der Waals surface area contributed by atoms with Gasteiger partial charge in [0.25, 0.3) is 0 Å². The van der Waals surface area contributed by atoms with Crippen molar-refractivity contribution in [2.75, 3.05) is 32.9 Å². The fourth-order valence-electron chi connectivity index (χ4n) is 2.16. The first-order chi connectivity index (χ1) is 8.88. The lowest BCUT2D eigenvalue weighted by Gasteiger charge is -2.23. The van der Waals surface area contributed by atoms with E-state index in [4.69, 9.17) is 9.47 Å². The van der Waals surface area contributed by atoms with Crippen LogP contribution < -0.4 is 9.64 Å². The molecular formula is C15H24NO2+. The van der Waals surface area contributed by atoms with E-state index in [1.54, 1.807) is 4.90 Å². The fraction of sp³-hybridized carbons (Fsp3) is 0.600. The average Bonchev–Trinajstić information content (AvgIpc) is 2.42. The summed E-state index contributed by atoms with van der Waals surface area (Å²) in [5.41, 5.74) is 1.38. The number of ether oxygens (including phenoxy) is 2. The number of morpholine rings is 1. The summed E-state index contributed by atoms with van der Waals surface area (Å²) in [5.74, 6) is 0.990. The molecule has 0 unspecified atom stereocenters. The Kier molecular flexibility index (Phi) is 5.49. The van der Waals surface area contributed by atoms with Crippen LogP contribution in [0.5, 0.6) is 5.75 Å². The Morgan fingerprint density at radius 2 is 1.89 bits per heavy atom. The molecule has 0 bridgehead atoms. The Balaban J connectivity index is 1.79. The Hall–Kier alpha value is -1.06. The van der Waals surface area contributed by atoms with E-state index in [2.05, 4.69) is 31.2 Å². The third kappa shape index (κ3) is 4.31. The maximum atomic E-state index is 5.66. The van der Waals surface area contributed by atoms with Crippen molar-refractivity contribution in [3.05, 3.63) is 29.8 Å². The van der Waals surface area contributed by atoms with E-state index >= 15 is 0 Å². The highest BCUT2D eigenvalue weighted by atomic mass is 16.5. The van der Waals surface area contributed by atoms with E-state index in [-0.39, 0.29) is 0 Å². The molecule has 0 aliphatic carbocycles. The number of unbranched alkanes of at least 4 members (excludes halogenated alkanes) is 1. The molecule has 1 N–H and O–H groups in total. The minimum atomic E-state index is 0.824. The van der Waals surface area contributed by atoms with Gasteiger partial charge < -0.3 is 14.4 Å². The lowest BCUT2D eigenvalue weighted by Crippen LogP contribution is -3.12. The lowest BCUT2D eigenvalue weighted by atomic mass is 10.2. The van der Waals surface area contributed by atoms with E-state index in [0.717, 1.165) is 51.6 Å². The van der Waals surface area contributed by atoms with E-state index in [0.29, 0.717) is 0 Å². The summed E-state index contributed by atoms with van der Waals surface area (Å²) in [6.45, 7) is 8.13. The Labute approximate surface area is 110 Å². The van der Waals surface area contributed by atoms with Crippen molar-refractivity contribution >= 4 is 0 Å². The summed E-state index contributed by atoms with van der Waals surface area (Å²) in [5, 5.41) is 0. The van der Waals surface area contributed by atoms with E-state index < -0.39 is 0 Å². The maximum Gasteiger partial charge on any atom is 0.119 e. The second-order valence-electron chi connectivity index (χ2n) is 4.89. The third-order valence-electron chi connectivity index (χ3n) is 3.34. The summed E-state index contributed by atoms with van der Waals surface area (Å²) in [6.07, 6.45) is 2.30. The van der Waals surface area contributed by atoms with Crippen molar-refractivity contribution in [2.24, 2.45) is 0 Å². The number of hydrogen-bond acceptors (Lipinski definition) is 2. The molecular weight excluding hydrogens is 226 g/mol. The second-order valence-corrected chi connectivity index (χ2v) is 4.89. The Morgan fingerprint density at radius 1 is 1.17 bits per heavy atom. The number of hydrogen-bond donors (Lipinski definition) is 1. The van der Waals surface area contributed by atoms with Crippen molar-refractivity contribution in [1.82, 2.24) is 0 Å². The third-order valence-corrected chi connectivity index (χ3v) is 3.34. The molecule has 0 spiro atoms. The normalized spacial score (nSPS) is 16.7. The summed E-state index contributed by atoms with van der Waals surface area (Å²) >= 11 is 0. The number of benzene rings is 1. The topological polar surface area (TPSA) is 22.9 Å². The minimum absolute atomic E-state index is 0.824. The van der Waals surface area contributed by atoms with Crippen molar-refractivity contribution in [3.8, 4) is 5.75 Å². The van der Waals surface area contributed by atoms with Crippen LogP contribution in [0.2, 0.25) is 0 Å². The molecule has 0 aromatic heterocycles. The molecule has 0 radical (unpaired) electrons. The Morgan fingerprint density at radius 3 is 2.56 bits per heavy atom. The van der Waals surface area contributed by atoms with Crippen LogP contribution in [0.15, 0.2) is 24.3 Å². The first-order valence-electron chi connectivity index (χ1n) is 7.01. The molecule has 1 aromatic rings. The highest BCUT2D eigenvalue weighted by Gasteiger charge is 2.13. The van der Waals surface area contributed by atoms with Gasteiger partial charge in [-0.25, -0.2) is 0 Å². The Bertz CT molecular complexity index is 331. The molecule has 18 heavy (non-hydrogen) atoms. The van der Waals surface area contributed by atoms with Gasteiger partial charge in [0.05, 0.1) is 19.8 Å². The molecule has 1 saturated heterocycles. The summed E-state index contributed by atoms with van der Waals surface area (Å²) in [6, 6.07) is 8.54. The number of rotatable bonds is 6. The summed E-state index contributed by atoms with van der Waals surface area (Å²) in [7, 11) is 0. The first-order valence-corrected chi connectivity index (χ1v) is 7.01. The van der Waals surface area contributed by atoms with E-state index in [1.807, 2.05) is 0 Å².